The molecule has 1 N–H and O–H groups in total. The van der Waals surface area contributed by atoms with Gasteiger partial charge in [-0.05, 0) is 32.0 Å². The summed E-state index contributed by atoms with van der Waals surface area (Å²) in [4.78, 5) is 8.48. The Morgan fingerprint density at radius 1 is 1.08 bits per heavy atom. The lowest BCUT2D eigenvalue weighted by molar-refractivity contribution is 0.233. The average Bonchev–Trinajstić information content (AvgIpc) is 2.94. The molecule has 2 heterocycles. The molecule has 124 valence electrons. The molecule has 3 rings (SSSR count). The third kappa shape index (κ3) is 3.87. The van der Waals surface area contributed by atoms with Gasteiger partial charge in [0, 0.05) is 12.1 Å². The number of pyridine rings is 1. The van der Waals surface area contributed by atoms with Gasteiger partial charge >= 0.3 is 0 Å². The molecule has 0 radical (unpaired) electrons. The summed E-state index contributed by atoms with van der Waals surface area (Å²) in [6.45, 7) is 3.84. The summed E-state index contributed by atoms with van der Waals surface area (Å²) in [5.41, 5.74) is 0.345. The van der Waals surface area contributed by atoms with Crippen molar-refractivity contribution in [2.75, 3.05) is 5.32 Å². The average molecular weight is 330 g/mol. The highest BCUT2D eigenvalue weighted by atomic mass is 19.1. The zero-order chi connectivity index (χ0) is 17.1. The first-order valence-corrected chi connectivity index (χ1v) is 7.41. The zero-order valence-corrected chi connectivity index (χ0v) is 13.2. The van der Waals surface area contributed by atoms with Crippen LogP contribution in [0.3, 0.4) is 0 Å². The van der Waals surface area contributed by atoms with E-state index in [4.69, 9.17) is 4.74 Å². The molecule has 2 aromatic heterocycles. The lowest BCUT2D eigenvalue weighted by Crippen LogP contribution is -2.07. The van der Waals surface area contributed by atoms with Gasteiger partial charge in [0.15, 0.2) is 0 Å². The molecule has 0 amide bonds. The van der Waals surface area contributed by atoms with Crippen molar-refractivity contribution >= 4 is 11.6 Å². The molecule has 0 atom stereocenters. The van der Waals surface area contributed by atoms with Crippen LogP contribution in [0, 0.1) is 11.6 Å². The number of rotatable bonds is 5. The fraction of sp³-hybridized carbons (Fsp3) is 0.176. The van der Waals surface area contributed by atoms with Crippen LogP contribution in [0.4, 0.5) is 20.4 Å². The van der Waals surface area contributed by atoms with Gasteiger partial charge in [-0.25, -0.2) is 13.8 Å². The van der Waals surface area contributed by atoms with Crippen LogP contribution in [-0.2, 0) is 0 Å². The van der Waals surface area contributed by atoms with E-state index in [1.807, 2.05) is 19.9 Å². The van der Waals surface area contributed by atoms with E-state index in [9.17, 15) is 8.78 Å². The Balaban J connectivity index is 1.79. The van der Waals surface area contributed by atoms with E-state index >= 15 is 0 Å². The molecule has 0 saturated carbocycles. The Labute approximate surface area is 137 Å². The van der Waals surface area contributed by atoms with Crippen molar-refractivity contribution in [2.24, 2.45) is 0 Å². The predicted molar refractivity (Wildman–Crippen MR) is 86.8 cm³/mol. The Bertz CT molecular complexity index is 828. The van der Waals surface area contributed by atoms with Crippen LogP contribution in [0.5, 0.6) is 5.88 Å². The summed E-state index contributed by atoms with van der Waals surface area (Å²) >= 11 is 0. The van der Waals surface area contributed by atoms with Gasteiger partial charge in [0.25, 0.3) is 0 Å². The molecular formula is C17H16F2N4O. The van der Waals surface area contributed by atoms with Crippen molar-refractivity contribution in [1.29, 1.82) is 0 Å². The fourth-order valence-electron chi connectivity index (χ4n) is 2.14. The molecule has 1 aromatic carbocycles. The smallest absolute Gasteiger partial charge is 0.215 e. The van der Waals surface area contributed by atoms with Crippen molar-refractivity contribution in [2.45, 2.75) is 20.0 Å². The molecule has 0 saturated heterocycles. The molecule has 0 aliphatic rings. The number of hydrogen-bond acceptors (Lipinski definition) is 4. The van der Waals surface area contributed by atoms with E-state index in [1.165, 1.54) is 23.0 Å². The SMILES string of the molecule is CC(C)Oc1cccc(Nc2cn(-c3cc(F)cc(F)c3)cn2)n1. The largest absolute Gasteiger partial charge is 0.475 e. The molecule has 3 aromatic rings. The summed E-state index contributed by atoms with van der Waals surface area (Å²) in [5, 5.41) is 3.03. The first-order valence-electron chi connectivity index (χ1n) is 7.41. The summed E-state index contributed by atoms with van der Waals surface area (Å²) in [5.74, 6) is 0.265. The van der Waals surface area contributed by atoms with Gasteiger partial charge in [-0.1, -0.05) is 6.07 Å². The standard InChI is InChI=1S/C17H16F2N4O/c1-11(2)24-17-5-3-4-15(22-17)21-16-9-23(10-20-16)14-7-12(18)6-13(19)8-14/h3-11H,1-2H3,(H,21,22). The van der Waals surface area contributed by atoms with Crippen LogP contribution in [-0.4, -0.2) is 20.6 Å². The lowest BCUT2D eigenvalue weighted by Gasteiger charge is -2.09. The highest BCUT2D eigenvalue weighted by Crippen LogP contribution is 2.19. The number of halogens is 2. The quantitative estimate of drug-likeness (QED) is 0.766. The number of nitrogens with one attached hydrogen (secondary N) is 1. The zero-order valence-electron chi connectivity index (χ0n) is 13.2. The van der Waals surface area contributed by atoms with Gasteiger partial charge in [0.1, 0.15) is 29.6 Å². The number of nitrogens with zero attached hydrogens (tertiary/aromatic N) is 3. The van der Waals surface area contributed by atoms with Crippen molar-refractivity contribution in [3.63, 3.8) is 0 Å². The molecule has 0 unspecified atom stereocenters. The maximum absolute atomic E-state index is 13.3. The number of aromatic nitrogens is 3. The molecule has 7 heteroatoms. The normalized spacial score (nSPS) is 10.9. The first-order chi connectivity index (χ1) is 11.5. The third-order valence-corrected chi connectivity index (χ3v) is 3.06. The number of benzene rings is 1. The van der Waals surface area contributed by atoms with Crippen LogP contribution >= 0.6 is 0 Å². The van der Waals surface area contributed by atoms with Gasteiger partial charge < -0.3 is 14.6 Å². The number of ether oxygens (including phenoxy) is 1. The molecular weight excluding hydrogens is 314 g/mol. The molecule has 24 heavy (non-hydrogen) atoms. The molecule has 0 spiro atoms. The molecule has 0 bridgehead atoms. The molecule has 0 fully saturated rings. The monoisotopic (exact) mass is 330 g/mol. The van der Waals surface area contributed by atoms with E-state index < -0.39 is 11.6 Å². The minimum absolute atomic E-state index is 0.0230. The minimum atomic E-state index is -0.645. The number of hydrogen-bond donors (Lipinski definition) is 1. The Morgan fingerprint density at radius 3 is 2.54 bits per heavy atom. The minimum Gasteiger partial charge on any atom is -0.475 e. The number of anilines is 2. The molecule has 0 aliphatic carbocycles. The van der Waals surface area contributed by atoms with E-state index in [0.717, 1.165) is 6.07 Å². The highest BCUT2D eigenvalue weighted by molar-refractivity contribution is 5.52. The first kappa shape index (κ1) is 15.9. The second-order valence-corrected chi connectivity index (χ2v) is 5.45. The van der Waals surface area contributed by atoms with E-state index in [-0.39, 0.29) is 6.10 Å². The summed E-state index contributed by atoms with van der Waals surface area (Å²) in [6, 6.07) is 8.62. The Kier molecular flexibility index (Phi) is 4.41. The molecule has 0 aliphatic heterocycles. The van der Waals surface area contributed by atoms with Crippen LogP contribution in [0.1, 0.15) is 13.8 Å². The van der Waals surface area contributed by atoms with Gasteiger partial charge in [-0.15, -0.1) is 0 Å². The van der Waals surface area contributed by atoms with Crippen LogP contribution in [0.15, 0.2) is 48.9 Å². The second-order valence-electron chi connectivity index (χ2n) is 5.45. The van der Waals surface area contributed by atoms with E-state index in [1.54, 1.807) is 18.3 Å². The van der Waals surface area contributed by atoms with Gasteiger partial charge in [-0.2, -0.15) is 4.98 Å². The summed E-state index contributed by atoms with van der Waals surface area (Å²) < 4.78 is 33.7. The molecule has 5 nitrogen and oxygen atoms in total. The van der Waals surface area contributed by atoms with Crippen molar-refractivity contribution < 1.29 is 13.5 Å². The Hall–Kier alpha value is -2.96. The van der Waals surface area contributed by atoms with Crippen LogP contribution in [0.25, 0.3) is 5.69 Å². The second kappa shape index (κ2) is 6.66. The topological polar surface area (TPSA) is 52.0 Å². The lowest BCUT2D eigenvalue weighted by atomic mass is 10.3. The van der Waals surface area contributed by atoms with Crippen molar-refractivity contribution in [1.82, 2.24) is 14.5 Å². The van der Waals surface area contributed by atoms with Crippen molar-refractivity contribution in [3.05, 3.63) is 60.6 Å². The maximum atomic E-state index is 13.3. The predicted octanol–water partition coefficient (Wildman–Crippen LogP) is 4.08. The fourth-order valence-corrected chi connectivity index (χ4v) is 2.14. The van der Waals surface area contributed by atoms with Gasteiger partial charge in [0.2, 0.25) is 5.88 Å². The third-order valence-electron chi connectivity index (χ3n) is 3.06. The maximum Gasteiger partial charge on any atom is 0.215 e. The van der Waals surface area contributed by atoms with Gasteiger partial charge in [-0.3, -0.25) is 0 Å². The summed E-state index contributed by atoms with van der Waals surface area (Å²) in [6.07, 6.45) is 3.10. The highest BCUT2D eigenvalue weighted by Gasteiger charge is 2.06. The van der Waals surface area contributed by atoms with Crippen molar-refractivity contribution in [3.8, 4) is 11.6 Å². The van der Waals surface area contributed by atoms with E-state index in [2.05, 4.69) is 15.3 Å². The Morgan fingerprint density at radius 2 is 1.83 bits per heavy atom. The van der Waals surface area contributed by atoms with Crippen LogP contribution < -0.4 is 10.1 Å². The summed E-state index contributed by atoms with van der Waals surface area (Å²) in [7, 11) is 0. The van der Waals surface area contributed by atoms with Gasteiger partial charge in [0.05, 0.1) is 18.0 Å². The van der Waals surface area contributed by atoms with E-state index in [0.29, 0.717) is 23.2 Å². The van der Waals surface area contributed by atoms with Crippen LogP contribution in [0.2, 0.25) is 0 Å². The number of imidazole rings is 1.